The molecule has 0 bridgehead atoms. The predicted octanol–water partition coefficient (Wildman–Crippen LogP) is 1.73. The molecule has 0 amide bonds. The van der Waals surface area contributed by atoms with E-state index in [2.05, 4.69) is 20.4 Å². The van der Waals surface area contributed by atoms with Gasteiger partial charge >= 0.3 is 0 Å². The molecule has 20 heavy (non-hydrogen) atoms. The first-order chi connectivity index (χ1) is 9.81. The lowest BCUT2D eigenvalue weighted by Gasteiger charge is -2.08. The van der Waals surface area contributed by atoms with Crippen LogP contribution in [0, 0.1) is 0 Å². The Bertz CT molecular complexity index is 510. The number of hydrogen-bond donors (Lipinski definition) is 2. The van der Waals surface area contributed by atoms with Crippen LogP contribution in [0.1, 0.15) is 24.7 Å². The van der Waals surface area contributed by atoms with E-state index in [1.165, 1.54) is 5.56 Å². The average Bonchev–Trinajstić information content (AvgIpc) is 2.52. The summed E-state index contributed by atoms with van der Waals surface area (Å²) in [6.45, 7) is 2.59. The molecule has 0 aliphatic heterocycles. The molecule has 3 N–H and O–H groups in total. The van der Waals surface area contributed by atoms with Crippen molar-refractivity contribution in [1.82, 2.24) is 15.0 Å². The molecular formula is C14H19N5O. The van der Waals surface area contributed by atoms with Crippen molar-refractivity contribution in [2.24, 2.45) is 5.84 Å². The number of anilines is 1. The Kier molecular flexibility index (Phi) is 5.25. The number of hydrogen-bond acceptors (Lipinski definition) is 6. The van der Waals surface area contributed by atoms with Crippen molar-refractivity contribution in [3.63, 3.8) is 0 Å². The first kappa shape index (κ1) is 14.2. The first-order valence-corrected chi connectivity index (χ1v) is 6.68. The van der Waals surface area contributed by atoms with Crippen molar-refractivity contribution in [2.45, 2.75) is 26.2 Å². The van der Waals surface area contributed by atoms with Crippen molar-refractivity contribution in [3.8, 4) is 5.88 Å². The number of hydrazine groups is 1. The van der Waals surface area contributed by atoms with Crippen molar-refractivity contribution in [2.75, 3.05) is 12.0 Å². The Morgan fingerprint density at radius 1 is 1.25 bits per heavy atom. The fraction of sp³-hybridized carbons (Fsp3) is 0.357. The second kappa shape index (κ2) is 7.40. The normalized spacial score (nSPS) is 10.3. The Balaban J connectivity index is 1.84. The van der Waals surface area contributed by atoms with Crippen LogP contribution in [0.4, 0.5) is 5.82 Å². The van der Waals surface area contributed by atoms with Crippen LogP contribution in [0.3, 0.4) is 0 Å². The number of nitrogens with two attached hydrogens (primary N) is 1. The minimum Gasteiger partial charge on any atom is -0.478 e. The van der Waals surface area contributed by atoms with Gasteiger partial charge < -0.3 is 10.2 Å². The lowest BCUT2D eigenvalue weighted by molar-refractivity contribution is 0.298. The Morgan fingerprint density at radius 2 is 2.05 bits per heavy atom. The fourth-order valence-electron chi connectivity index (χ4n) is 1.78. The van der Waals surface area contributed by atoms with Crippen LogP contribution in [0.5, 0.6) is 5.88 Å². The van der Waals surface area contributed by atoms with Crippen LogP contribution in [0.25, 0.3) is 0 Å². The van der Waals surface area contributed by atoms with E-state index in [-0.39, 0.29) is 0 Å². The Hall–Kier alpha value is -2.21. The highest BCUT2D eigenvalue weighted by Gasteiger charge is 2.03. The number of ether oxygens (including phenoxy) is 1. The lowest BCUT2D eigenvalue weighted by atomic mass is 10.1. The highest BCUT2D eigenvalue weighted by molar-refractivity contribution is 5.36. The van der Waals surface area contributed by atoms with E-state index in [9.17, 15) is 0 Å². The summed E-state index contributed by atoms with van der Waals surface area (Å²) in [5, 5.41) is 0. The summed E-state index contributed by atoms with van der Waals surface area (Å²) in [7, 11) is 0. The standard InChI is InChI=1S/C14H19N5O/c1-2-12-17-13(19-15)10-14(18-12)20-9-3-4-11-5-7-16-8-6-11/h5-8,10H,2-4,9,15H2,1H3,(H,17,18,19). The van der Waals surface area contributed by atoms with Crippen LogP contribution in [0.15, 0.2) is 30.6 Å². The molecule has 0 radical (unpaired) electrons. The van der Waals surface area contributed by atoms with Crippen LogP contribution in [-0.2, 0) is 12.8 Å². The summed E-state index contributed by atoms with van der Waals surface area (Å²) < 4.78 is 5.65. The molecule has 0 fully saturated rings. The number of aryl methyl sites for hydroxylation is 2. The molecule has 2 aromatic rings. The number of pyridine rings is 1. The zero-order chi connectivity index (χ0) is 14.2. The maximum atomic E-state index is 5.65. The highest BCUT2D eigenvalue weighted by atomic mass is 16.5. The third-order valence-corrected chi connectivity index (χ3v) is 2.82. The number of nitrogen functional groups attached to an aromatic ring is 1. The van der Waals surface area contributed by atoms with Gasteiger partial charge in [-0.15, -0.1) is 0 Å². The van der Waals surface area contributed by atoms with Gasteiger partial charge in [0.1, 0.15) is 11.6 Å². The summed E-state index contributed by atoms with van der Waals surface area (Å²) in [6, 6.07) is 5.72. The second-order valence-electron chi connectivity index (χ2n) is 4.31. The van der Waals surface area contributed by atoms with Crippen LogP contribution < -0.4 is 16.0 Å². The van der Waals surface area contributed by atoms with Gasteiger partial charge in [-0.1, -0.05) is 6.92 Å². The molecule has 2 rings (SSSR count). The van der Waals surface area contributed by atoms with Gasteiger partial charge in [0.05, 0.1) is 6.61 Å². The van der Waals surface area contributed by atoms with E-state index < -0.39 is 0 Å². The highest BCUT2D eigenvalue weighted by Crippen LogP contribution is 2.13. The molecule has 106 valence electrons. The SMILES string of the molecule is CCc1nc(NN)cc(OCCCc2ccncc2)n1. The molecule has 0 spiro atoms. The third kappa shape index (κ3) is 4.17. The summed E-state index contributed by atoms with van der Waals surface area (Å²) in [5.41, 5.74) is 3.77. The van der Waals surface area contributed by atoms with E-state index >= 15 is 0 Å². The molecule has 2 heterocycles. The molecule has 0 unspecified atom stereocenters. The number of aromatic nitrogens is 3. The topological polar surface area (TPSA) is 86.0 Å². The van der Waals surface area contributed by atoms with Crippen molar-refractivity contribution in [3.05, 3.63) is 42.0 Å². The lowest BCUT2D eigenvalue weighted by Crippen LogP contribution is -2.11. The zero-order valence-electron chi connectivity index (χ0n) is 11.5. The average molecular weight is 273 g/mol. The second-order valence-corrected chi connectivity index (χ2v) is 4.31. The Labute approximate surface area is 118 Å². The smallest absolute Gasteiger partial charge is 0.218 e. The molecule has 6 heteroatoms. The third-order valence-electron chi connectivity index (χ3n) is 2.82. The molecule has 0 aliphatic carbocycles. The minimum atomic E-state index is 0.555. The van der Waals surface area contributed by atoms with Gasteiger partial charge in [-0.2, -0.15) is 4.98 Å². The maximum absolute atomic E-state index is 5.65. The van der Waals surface area contributed by atoms with Gasteiger partial charge in [0.15, 0.2) is 0 Å². The van der Waals surface area contributed by atoms with Gasteiger partial charge in [0, 0.05) is 24.9 Å². The molecule has 6 nitrogen and oxygen atoms in total. The molecule has 0 aromatic carbocycles. The number of nitrogens with zero attached hydrogens (tertiary/aromatic N) is 3. The van der Waals surface area contributed by atoms with Crippen molar-refractivity contribution >= 4 is 5.82 Å². The van der Waals surface area contributed by atoms with Crippen molar-refractivity contribution < 1.29 is 4.74 Å². The molecule has 0 saturated heterocycles. The quantitative estimate of drug-likeness (QED) is 0.454. The number of rotatable bonds is 7. The predicted molar refractivity (Wildman–Crippen MR) is 77.3 cm³/mol. The molecule has 0 saturated carbocycles. The van der Waals surface area contributed by atoms with Gasteiger partial charge in [-0.25, -0.2) is 10.8 Å². The first-order valence-electron chi connectivity index (χ1n) is 6.68. The maximum Gasteiger partial charge on any atom is 0.218 e. The van der Waals surface area contributed by atoms with Crippen LogP contribution >= 0.6 is 0 Å². The monoisotopic (exact) mass is 273 g/mol. The fourth-order valence-corrected chi connectivity index (χ4v) is 1.78. The summed E-state index contributed by atoms with van der Waals surface area (Å²) in [6.07, 6.45) is 6.21. The van der Waals surface area contributed by atoms with E-state index in [0.717, 1.165) is 19.3 Å². The van der Waals surface area contributed by atoms with E-state index in [1.54, 1.807) is 18.5 Å². The summed E-state index contributed by atoms with van der Waals surface area (Å²) >= 11 is 0. The molecule has 0 atom stereocenters. The number of nitrogens with one attached hydrogen (secondary N) is 1. The van der Waals surface area contributed by atoms with Gasteiger partial charge in [-0.05, 0) is 30.5 Å². The van der Waals surface area contributed by atoms with Crippen molar-refractivity contribution in [1.29, 1.82) is 0 Å². The van der Waals surface area contributed by atoms with Gasteiger partial charge in [0.25, 0.3) is 0 Å². The minimum absolute atomic E-state index is 0.555. The molecule has 2 aromatic heterocycles. The zero-order valence-corrected chi connectivity index (χ0v) is 11.5. The van der Waals surface area contributed by atoms with Crippen LogP contribution in [-0.4, -0.2) is 21.6 Å². The molecular weight excluding hydrogens is 254 g/mol. The summed E-state index contributed by atoms with van der Waals surface area (Å²) in [4.78, 5) is 12.5. The van der Waals surface area contributed by atoms with E-state index in [0.29, 0.717) is 24.1 Å². The van der Waals surface area contributed by atoms with E-state index in [1.807, 2.05) is 19.1 Å². The van der Waals surface area contributed by atoms with Crippen LogP contribution in [0.2, 0.25) is 0 Å². The van der Waals surface area contributed by atoms with E-state index in [4.69, 9.17) is 10.6 Å². The van der Waals surface area contributed by atoms with Gasteiger partial charge in [0.2, 0.25) is 5.88 Å². The molecule has 0 aliphatic rings. The Morgan fingerprint density at radius 3 is 2.75 bits per heavy atom. The largest absolute Gasteiger partial charge is 0.478 e. The summed E-state index contributed by atoms with van der Waals surface area (Å²) in [5.74, 6) is 7.21. The van der Waals surface area contributed by atoms with Gasteiger partial charge in [-0.3, -0.25) is 4.98 Å².